The van der Waals surface area contributed by atoms with Gasteiger partial charge in [0.25, 0.3) is 0 Å². The molecule has 1 aliphatic carbocycles. The number of amides is 1. The zero-order chi connectivity index (χ0) is 16.3. The highest BCUT2D eigenvalue weighted by molar-refractivity contribution is 5.85. The molecule has 0 spiro atoms. The van der Waals surface area contributed by atoms with Gasteiger partial charge >= 0.3 is 0 Å². The highest BCUT2D eigenvalue weighted by Gasteiger charge is 2.36. The summed E-state index contributed by atoms with van der Waals surface area (Å²) in [5.41, 5.74) is 5.84. The minimum Gasteiger partial charge on any atom is -0.373 e. The van der Waals surface area contributed by atoms with Crippen molar-refractivity contribution in [2.45, 2.75) is 71.2 Å². The van der Waals surface area contributed by atoms with Crippen molar-refractivity contribution in [3.8, 4) is 0 Å². The molecule has 144 valence electrons. The van der Waals surface area contributed by atoms with E-state index in [1.807, 2.05) is 0 Å². The van der Waals surface area contributed by atoms with Crippen molar-refractivity contribution in [1.82, 2.24) is 10.2 Å². The SMILES string of the molecule is CC1CN(C(C(=O)NC2CCCC2CN)C(C)C)CC(C)O1.Cl.Cl. The molecule has 0 bridgehead atoms. The van der Waals surface area contributed by atoms with Crippen molar-refractivity contribution in [3.63, 3.8) is 0 Å². The Morgan fingerprint density at radius 2 is 1.79 bits per heavy atom. The molecule has 1 saturated carbocycles. The molecule has 2 fully saturated rings. The van der Waals surface area contributed by atoms with Gasteiger partial charge in [-0.3, -0.25) is 9.69 Å². The van der Waals surface area contributed by atoms with Crippen LogP contribution in [-0.2, 0) is 9.53 Å². The van der Waals surface area contributed by atoms with Crippen molar-refractivity contribution in [1.29, 1.82) is 0 Å². The van der Waals surface area contributed by atoms with Crippen molar-refractivity contribution in [2.24, 2.45) is 17.6 Å². The fraction of sp³-hybridized carbons (Fsp3) is 0.941. The molecule has 5 unspecified atom stereocenters. The third-order valence-electron chi connectivity index (χ3n) is 5.03. The van der Waals surface area contributed by atoms with E-state index in [0.29, 0.717) is 12.5 Å². The van der Waals surface area contributed by atoms with E-state index in [0.717, 1.165) is 25.9 Å². The molecule has 2 rings (SSSR count). The minimum atomic E-state index is -0.0761. The molecule has 2 aliphatic rings. The second-order valence-electron chi connectivity index (χ2n) is 7.44. The number of morpholine rings is 1. The number of rotatable bonds is 5. The Morgan fingerprint density at radius 1 is 1.21 bits per heavy atom. The average molecular weight is 384 g/mol. The Kier molecular flexibility index (Phi) is 10.8. The zero-order valence-electron chi connectivity index (χ0n) is 15.4. The number of ether oxygens (including phenoxy) is 1. The maximum Gasteiger partial charge on any atom is 0.237 e. The quantitative estimate of drug-likeness (QED) is 0.763. The Morgan fingerprint density at radius 3 is 2.29 bits per heavy atom. The van der Waals surface area contributed by atoms with Gasteiger partial charge in [0.05, 0.1) is 18.2 Å². The largest absolute Gasteiger partial charge is 0.373 e. The lowest BCUT2D eigenvalue weighted by Crippen LogP contribution is -2.58. The maximum atomic E-state index is 12.9. The molecule has 1 heterocycles. The summed E-state index contributed by atoms with van der Waals surface area (Å²) in [6, 6.07) is 0.183. The summed E-state index contributed by atoms with van der Waals surface area (Å²) in [7, 11) is 0. The fourth-order valence-corrected chi connectivity index (χ4v) is 4.11. The molecule has 1 amide bonds. The predicted octanol–water partition coefficient (Wildman–Crippen LogP) is 2.21. The molecule has 5 nitrogen and oxygen atoms in total. The number of nitrogens with two attached hydrogens (primary N) is 1. The van der Waals surface area contributed by atoms with Crippen LogP contribution in [0.5, 0.6) is 0 Å². The Balaban J connectivity index is 0.00000264. The second-order valence-corrected chi connectivity index (χ2v) is 7.44. The van der Waals surface area contributed by atoms with E-state index in [1.54, 1.807) is 0 Å². The highest BCUT2D eigenvalue weighted by atomic mass is 35.5. The average Bonchev–Trinajstić information content (AvgIpc) is 2.84. The van der Waals surface area contributed by atoms with Crippen LogP contribution in [0.1, 0.15) is 47.0 Å². The summed E-state index contributed by atoms with van der Waals surface area (Å²) in [5, 5.41) is 3.29. The van der Waals surface area contributed by atoms with E-state index >= 15 is 0 Å². The monoisotopic (exact) mass is 383 g/mol. The minimum absolute atomic E-state index is 0. The van der Waals surface area contributed by atoms with Gasteiger partial charge in [-0.15, -0.1) is 24.8 Å². The molecule has 3 N–H and O–H groups in total. The van der Waals surface area contributed by atoms with Gasteiger partial charge in [0.1, 0.15) is 0 Å². The van der Waals surface area contributed by atoms with Gasteiger partial charge in [-0.25, -0.2) is 0 Å². The van der Waals surface area contributed by atoms with Gasteiger partial charge in [0.15, 0.2) is 0 Å². The lowest BCUT2D eigenvalue weighted by molar-refractivity contribution is -0.136. The number of nitrogens with zero attached hydrogens (tertiary/aromatic N) is 1. The molecule has 24 heavy (non-hydrogen) atoms. The van der Waals surface area contributed by atoms with E-state index in [9.17, 15) is 4.79 Å². The number of hydrogen-bond acceptors (Lipinski definition) is 4. The van der Waals surface area contributed by atoms with E-state index in [-0.39, 0.29) is 60.9 Å². The topological polar surface area (TPSA) is 67.6 Å². The number of halogens is 2. The summed E-state index contributed by atoms with van der Waals surface area (Å²) in [4.78, 5) is 15.2. The standard InChI is InChI=1S/C17H33N3O2.2ClH/c1-11(2)16(20-9-12(3)22-13(4)10-20)17(21)19-15-7-5-6-14(15)8-18;;/h11-16H,5-10,18H2,1-4H3,(H,19,21);2*1H. The van der Waals surface area contributed by atoms with Crippen LogP contribution in [0.25, 0.3) is 0 Å². The van der Waals surface area contributed by atoms with Crippen LogP contribution in [0.4, 0.5) is 0 Å². The lowest BCUT2D eigenvalue weighted by atomic mass is 9.98. The van der Waals surface area contributed by atoms with Crippen molar-refractivity contribution in [2.75, 3.05) is 19.6 Å². The van der Waals surface area contributed by atoms with E-state index in [2.05, 4.69) is 37.9 Å². The molecule has 0 aromatic heterocycles. The number of nitrogens with one attached hydrogen (secondary N) is 1. The maximum absolute atomic E-state index is 12.9. The summed E-state index contributed by atoms with van der Waals surface area (Å²) in [6.07, 6.45) is 3.74. The molecule has 0 radical (unpaired) electrons. The molecule has 0 aromatic rings. The Bertz CT molecular complexity index is 375. The molecule has 7 heteroatoms. The summed E-state index contributed by atoms with van der Waals surface area (Å²) in [6.45, 7) is 10.7. The van der Waals surface area contributed by atoms with Crippen LogP contribution < -0.4 is 11.1 Å². The van der Waals surface area contributed by atoms with E-state index < -0.39 is 0 Å². The molecular formula is C17H35Cl2N3O2. The normalized spacial score (nSPS) is 31.9. The van der Waals surface area contributed by atoms with Crippen LogP contribution in [-0.4, -0.2) is 54.7 Å². The number of carbonyl (C=O) groups is 1. The smallest absolute Gasteiger partial charge is 0.237 e. The van der Waals surface area contributed by atoms with Gasteiger partial charge in [-0.2, -0.15) is 0 Å². The zero-order valence-corrected chi connectivity index (χ0v) is 17.0. The van der Waals surface area contributed by atoms with Gasteiger partial charge < -0.3 is 15.8 Å². The van der Waals surface area contributed by atoms with Crippen LogP contribution in [0.2, 0.25) is 0 Å². The number of hydrogen-bond donors (Lipinski definition) is 2. The fourth-order valence-electron chi connectivity index (χ4n) is 4.11. The third-order valence-corrected chi connectivity index (χ3v) is 5.03. The predicted molar refractivity (Wildman–Crippen MR) is 103 cm³/mol. The first kappa shape index (κ1) is 23.9. The van der Waals surface area contributed by atoms with Gasteiger partial charge in [0.2, 0.25) is 5.91 Å². The van der Waals surface area contributed by atoms with Crippen molar-refractivity contribution < 1.29 is 9.53 Å². The molecule has 0 aromatic carbocycles. The molecular weight excluding hydrogens is 349 g/mol. The van der Waals surface area contributed by atoms with Crippen LogP contribution in [0.3, 0.4) is 0 Å². The summed E-state index contributed by atoms with van der Waals surface area (Å²) in [5.74, 6) is 0.899. The third kappa shape index (κ3) is 6.03. The van der Waals surface area contributed by atoms with Crippen LogP contribution >= 0.6 is 24.8 Å². The molecule has 1 aliphatic heterocycles. The van der Waals surface area contributed by atoms with E-state index in [1.165, 1.54) is 6.42 Å². The molecule has 5 atom stereocenters. The van der Waals surface area contributed by atoms with Gasteiger partial charge in [-0.1, -0.05) is 20.3 Å². The summed E-state index contributed by atoms with van der Waals surface area (Å²) >= 11 is 0. The van der Waals surface area contributed by atoms with Crippen molar-refractivity contribution >= 4 is 30.7 Å². The second kappa shape index (κ2) is 10.8. The highest BCUT2D eigenvalue weighted by Crippen LogP contribution is 2.26. The van der Waals surface area contributed by atoms with Gasteiger partial charge in [0, 0.05) is 19.1 Å². The molecule has 1 saturated heterocycles. The lowest BCUT2D eigenvalue weighted by Gasteiger charge is -2.41. The first-order valence-corrected chi connectivity index (χ1v) is 8.82. The number of carbonyl (C=O) groups excluding carboxylic acids is 1. The van der Waals surface area contributed by atoms with Crippen molar-refractivity contribution in [3.05, 3.63) is 0 Å². The summed E-state index contributed by atoms with van der Waals surface area (Å²) < 4.78 is 5.80. The Labute approximate surface area is 159 Å². The van der Waals surface area contributed by atoms with Crippen LogP contribution in [0.15, 0.2) is 0 Å². The first-order valence-electron chi connectivity index (χ1n) is 8.82. The Hall–Kier alpha value is -0.0700. The van der Waals surface area contributed by atoms with Crippen LogP contribution in [0, 0.1) is 11.8 Å². The van der Waals surface area contributed by atoms with E-state index in [4.69, 9.17) is 10.5 Å². The first-order chi connectivity index (χ1) is 10.4. The van der Waals surface area contributed by atoms with Gasteiger partial charge in [-0.05, 0) is 45.1 Å².